The van der Waals surface area contributed by atoms with Crippen LogP contribution in [-0.4, -0.2) is 18.1 Å². The maximum Gasteiger partial charge on any atom is 0.412 e. The SMILES string of the molecule is CC(=O)OCc1ccccc1NC(=O)OCCl. The standard InChI is InChI=1S/C11H12ClNO4/c1-8(14)16-6-9-4-2-3-5-10(9)13-11(15)17-7-12/h2-5H,6-7H2,1H3,(H,13,15). The van der Waals surface area contributed by atoms with Gasteiger partial charge in [-0.1, -0.05) is 29.8 Å². The van der Waals surface area contributed by atoms with E-state index in [1.165, 1.54) is 6.92 Å². The van der Waals surface area contributed by atoms with Crippen molar-refractivity contribution in [3.05, 3.63) is 29.8 Å². The number of carbonyl (C=O) groups excluding carboxylic acids is 2. The zero-order valence-corrected chi connectivity index (χ0v) is 9.99. The Kier molecular flexibility index (Phi) is 5.29. The number of anilines is 1. The summed E-state index contributed by atoms with van der Waals surface area (Å²) in [7, 11) is 0. The summed E-state index contributed by atoms with van der Waals surface area (Å²) in [6.45, 7) is 1.41. The third kappa shape index (κ3) is 4.74. The molecule has 1 aromatic carbocycles. The van der Waals surface area contributed by atoms with Gasteiger partial charge in [0.15, 0.2) is 6.07 Å². The number of carbonyl (C=O) groups is 2. The second-order valence-corrected chi connectivity index (χ2v) is 3.32. The van der Waals surface area contributed by atoms with Crippen LogP contribution in [0.1, 0.15) is 12.5 Å². The monoisotopic (exact) mass is 257 g/mol. The average molecular weight is 258 g/mol. The van der Waals surface area contributed by atoms with Gasteiger partial charge in [-0.05, 0) is 6.07 Å². The first-order valence-electron chi connectivity index (χ1n) is 4.84. The average Bonchev–Trinajstić information content (AvgIpc) is 2.28. The second kappa shape index (κ2) is 6.75. The lowest BCUT2D eigenvalue weighted by Gasteiger charge is -2.10. The fraction of sp³-hybridized carbons (Fsp3) is 0.273. The molecule has 1 aromatic rings. The minimum Gasteiger partial charge on any atom is -0.461 e. The number of rotatable bonds is 4. The first kappa shape index (κ1) is 13.3. The molecule has 0 aliphatic rings. The number of hydrogen-bond acceptors (Lipinski definition) is 4. The van der Waals surface area contributed by atoms with E-state index in [4.69, 9.17) is 16.3 Å². The van der Waals surface area contributed by atoms with Gasteiger partial charge in [0, 0.05) is 12.5 Å². The lowest BCUT2D eigenvalue weighted by molar-refractivity contribution is -0.142. The molecule has 0 unspecified atom stereocenters. The van der Waals surface area contributed by atoms with Crippen LogP contribution in [0.25, 0.3) is 0 Å². The molecule has 0 fully saturated rings. The van der Waals surface area contributed by atoms with Gasteiger partial charge in [-0.2, -0.15) is 0 Å². The molecule has 0 aromatic heterocycles. The molecule has 0 aliphatic heterocycles. The smallest absolute Gasteiger partial charge is 0.412 e. The van der Waals surface area contributed by atoms with Crippen LogP contribution in [-0.2, 0) is 20.9 Å². The number of amides is 1. The van der Waals surface area contributed by atoms with Gasteiger partial charge < -0.3 is 9.47 Å². The molecule has 92 valence electrons. The van der Waals surface area contributed by atoms with E-state index in [0.717, 1.165) is 0 Å². The van der Waals surface area contributed by atoms with Gasteiger partial charge in [0.05, 0.1) is 5.69 Å². The Morgan fingerprint density at radius 2 is 2.00 bits per heavy atom. The van der Waals surface area contributed by atoms with Crippen molar-refractivity contribution in [2.75, 3.05) is 11.4 Å². The van der Waals surface area contributed by atoms with E-state index in [9.17, 15) is 9.59 Å². The van der Waals surface area contributed by atoms with Crippen molar-refractivity contribution in [1.82, 2.24) is 0 Å². The first-order chi connectivity index (χ1) is 8.13. The number of alkyl halides is 1. The van der Waals surface area contributed by atoms with Crippen LogP contribution in [0.5, 0.6) is 0 Å². The highest BCUT2D eigenvalue weighted by Crippen LogP contribution is 2.16. The molecule has 1 rings (SSSR count). The van der Waals surface area contributed by atoms with Crippen molar-refractivity contribution in [1.29, 1.82) is 0 Å². The van der Waals surface area contributed by atoms with E-state index in [1.54, 1.807) is 24.3 Å². The van der Waals surface area contributed by atoms with E-state index in [-0.39, 0.29) is 18.6 Å². The summed E-state index contributed by atoms with van der Waals surface area (Å²) in [5, 5.41) is 2.50. The third-order valence-electron chi connectivity index (χ3n) is 1.87. The zero-order chi connectivity index (χ0) is 12.7. The van der Waals surface area contributed by atoms with Crippen molar-refractivity contribution in [2.45, 2.75) is 13.5 Å². The Hall–Kier alpha value is -1.75. The number of para-hydroxylation sites is 1. The van der Waals surface area contributed by atoms with Crippen LogP contribution in [0.4, 0.5) is 10.5 Å². The van der Waals surface area contributed by atoms with Crippen molar-refractivity contribution >= 4 is 29.4 Å². The van der Waals surface area contributed by atoms with Crippen molar-refractivity contribution in [3.63, 3.8) is 0 Å². The van der Waals surface area contributed by atoms with E-state index in [0.29, 0.717) is 11.3 Å². The summed E-state index contributed by atoms with van der Waals surface area (Å²) in [6.07, 6.45) is -0.657. The molecule has 0 spiro atoms. The van der Waals surface area contributed by atoms with E-state index in [1.807, 2.05) is 0 Å². The van der Waals surface area contributed by atoms with Crippen molar-refractivity contribution < 1.29 is 19.1 Å². The molecule has 0 atom stereocenters. The largest absolute Gasteiger partial charge is 0.461 e. The molecule has 1 N–H and O–H groups in total. The lowest BCUT2D eigenvalue weighted by Crippen LogP contribution is -2.14. The maximum absolute atomic E-state index is 11.2. The van der Waals surface area contributed by atoms with Crippen LogP contribution < -0.4 is 5.32 Å². The molecular weight excluding hydrogens is 246 g/mol. The number of hydrogen-bond donors (Lipinski definition) is 1. The number of halogens is 1. The van der Waals surface area contributed by atoms with Crippen LogP contribution in [0.3, 0.4) is 0 Å². The molecule has 0 saturated heterocycles. The minimum atomic E-state index is -0.657. The van der Waals surface area contributed by atoms with Crippen LogP contribution in [0.15, 0.2) is 24.3 Å². The van der Waals surface area contributed by atoms with E-state index in [2.05, 4.69) is 10.1 Å². The zero-order valence-electron chi connectivity index (χ0n) is 9.23. The molecule has 0 heterocycles. The molecule has 0 bridgehead atoms. The predicted octanol–water partition coefficient (Wildman–Crippen LogP) is 2.49. The maximum atomic E-state index is 11.2. The van der Waals surface area contributed by atoms with Gasteiger partial charge >= 0.3 is 12.1 Å². The summed E-state index contributed by atoms with van der Waals surface area (Å²) in [4.78, 5) is 21.9. The van der Waals surface area contributed by atoms with Crippen molar-refractivity contribution in [3.8, 4) is 0 Å². The van der Waals surface area contributed by atoms with Crippen LogP contribution in [0.2, 0.25) is 0 Å². The lowest BCUT2D eigenvalue weighted by atomic mass is 10.2. The Bertz CT molecular complexity index is 408. The number of ether oxygens (including phenoxy) is 2. The topological polar surface area (TPSA) is 64.6 Å². The number of benzene rings is 1. The van der Waals surface area contributed by atoms with Gasteiger partial charge in [0.25, 0.3) is 0 Å². The number of esters is 1. The summed E-state index contributed by atoms with van der Waals surface area (Å²) in [5.41, 5.74) is 1.19. The van der Waals surface area contributed by atoms with E-state index >= 15 is 0 Å². The first-order valence-corrected chi connectivity index (χ1v) is 5.38. The fourth-order valence-electron chi connectivity index (χ4n) is 1.14. The van der Waals surface area contributed by atoms with Gasteiger partial charge in [0.1, 0.15) is 6.61 Å². The summed E-state index contributed by atoms with van der Waals surface area (Å²) in [5.74, 6) is -0.386. The number of nitrogens with one attached hydrogen (secondary N) is 1. The highest BCUT2D eigenvalue weighted by molar-refractivity contribution is 6.17. The quantitative estimate of drug-likeness (QED) is 0.665. The Labute approximate surface area is 104 Å². The molecule has 17 heavy (non-hydrogen) atoms. The highest BCUT2D eigenvalue weighted by Gasteiger charge is 2.07. The second-order valence-electron chi connectivity index (χ2n) is 3.10. The van der Waals surface area contributed by atoms with Gasteiger partial charge in [0.2, 0.25) is 0 Å². The van der Waals surface area contributed by atoms with Gasteiger partial charge in [-0.25, -0.2) is 4.79 Å². The van der Waals surface area contributed by atoms with Gasteiger partial charge in [-0.15, -0.1) is 0 Å². The Morgan fingerprint density at radius 3 is 2.65 bits per heavy atom. The minimum absolute atomic E-state index is 0.0899. The highest BCUT2D eigenvalue weighted by atomic mass is 35.5. The Balaban J connectivity index is 2.70. The molecule has 0 aliphatic carbocycles. The predicted molar refractivity (Wildman–Crippen MR) is 62.7 cm³/mol. The fourth-order valence-corrected chi connectivity index (χ4v) is 1.24. The molecule has 0 radical (unpaired) electrons. The van der Waals surface area contributed by atoms with Crippen LogP contribution >= 0.6 is 11.6 Å². The Morgan fingerprint density at radius 1 is 1.29 bits per heavy atom. The van der Waals surface area contributed by atoms with Crippen molar-refractivity contribution in [2.24, 2.45) is 0 Å². The summed E-state index contributed by atoms with van der Waals surface area (Å²) >= 11 is 5.25. The summed E-state index contributed by atoms with van der Waals surface area (Å²) in [6, 6.07) is 6.70. The van der Waals surface area contributed by atoms with E-state index < -0.39 is 6.09 Å². The van der Waals surface area contributed by atoms with Gasteiger partial charge in [-0.3, -0.25) is 10.1 Å². The normalized spacial score (nSPS) is 9.53. The molecule has 0 saturated carbocycles. The summed E-state index contributed by atoms with van der Waals surface area (Å²) < 4.78 is 9.39. The third-order valence-corrected chi connectivity index (χ3v) is 1.98. The van der Waals surface area contributed by atoms with Crippen LogP contribution in [0, 0.1) is 0 Å². The molecular formula is C11H12ClNO4. The molecule has 6 heteroatoms. The molecule has 1 amide bonds. The molecule has 5 nitrogen and oxygen atoms in total.